The molecule has 1 unspecified atom stereocenters. The molecule has 0 aromatic rings. The van der Waals surface area contributed by atoms with E-state index in [1.165, 1.54) is 128 Å². The van der Waals surface area contributed by atoms with Gasteiger partial charge in [0.25, 0.3) is 0 Å². The molecule has 6 nitrogen and oxygen atoms in total. The first-order valence-electron chi connectivity index (χ1n) is 31.0. The number of esters is 3. The minimum absolute atomic E-state index is 0.103. The number of unbranched alkanes of at least 4 members (excludes halogenated alkanes) is 24. The summed E-state index contributed by atoms with van der Waals surface area (Å²) in [6, 6.07) is 0. The zero-order chi connectivity index (χ0) is 54.3. The number of allylic oxidation sites excluding steroid dienone is 20. The van der Waals surface area contributed by atoms with E-state index in [1.54, 1.807) is 0 Å². The van der Waals surface area contributed by atoms with Crippen LogP contribution in [0.2, 0.25) is 0 Å². The summed E-state index contributed by atoms with van der Waals surface area (Å²) in [6.07, 6.45) is 86.4. The fourth-order valence-corrected chi connectivity index (χ4v) is 8.32. The topological polar surface area (TPSA) is 78.9 Å². The van der Waals surface area contributed by atoms with E-state index in [-0.39, 0.29) is 37.5 Å². The molecule has 0 aliphatic heterocycles. The lowest BCUT2D eigenvalue weighted by Crippen LogP contribution is -2.30. The number of carbonyl (C=O) groups is 3. The Morgan fingerprint density at radius 1 is 0.280 bits per heavy atom. The first kappa shape index (κ1) is 70.8. The Labute approximate surface area is 462 Å². The summed E-state index contributed by atoms with van der Waals surface area (Å²) in [6.45, 7) is 6.45. The molecule has 1 atom stereocenters. The average Bonchev–Trinajstić information content (AvgIpc) is 3.41. The summed E-state index contributed by atoms with van der Waals surface area (Å²) in [5.74, 6) is -0.969. The van der Waals surface area contributed by atoms with Crippen molar-refractivity contribution < 1.29 is 28.6 Å². The highest BCUT2D eigenvalue weighted by Crippen LogP contribution is 2.15. The van der Waals surface area contributed by atoms with Crippen molar-refractivity contribution in [3.8, 4) is 0 Å². The van der Waals surface area contributed by atoms with Gasteiger partial charge in [-0.05, 0) is 109 Å². The molecule has 0 heterocycles. The van der Waals surface area contributed by atoms with Gasteiger partial charge in [0.1, 0.15) is 13.2 Å². The lowest BCUT2D eigenvalue weighted by Gasteiger charge is -2.18. The molecule has 0 spiro atoms. The van der Waals surface area contributed by atoms with E-state index >= 15 is 0 Å². The Morgan fingerprint density at radius 2 is 0.533 bits per heavy atom. The van der Waals surface area contributed by atoms with Crippen LogP contribution in [0.5, 0.6) is 0 Å². The molecule has 0 fully saturated rings. The Morgan fingerprint density at radius 3 is 0.853 bits per heavy atom. The van der Waals surface area contributed by atoms with Gasteiger partial charge in [-0.2, -0.15) is 0 Å². The number of ether oxygens (including phenoxy) is 3. The maximum absolute atomic E-state index is 12.8. The van der Waals surface area contributed by atoms with Crippen LogP contribution in [0.1, 0.15) is 278 Å². The van der Waals surface area contributed by atoms with Crippen molar-refractivity contribution in [1.29, 1.82) is 0 Å². The van der Waals surface area contributed by atoms with Crippen molar-refractivity contribution in [2.24, 2.45) is 0 Å². The van der Waals surface area contributed by atoms with Gasteiger partial charge in [0.05, 0.1) is 0 Å². The van der Waals surface area contributed by atoms with Gasteiger partial charge in [-0.25, -0.2) is 0 Å². The molecule has 0 N–H and O–H groups in total. The minimum atomic E-state index is -0.812. The van der Waals surface area contributed by atoms with Crippen LogP contribution < -0.4 is 0 Å². The van der Waals surface area contributed by atoms with E-state index in [0.29, 0.717) is 19.3 Å². The van der Waals surface area contributed by atoms with E-state index in [0.717, 1.165) is 103 Å². The molecule has 0 aromatic heterocycles. The van der Waals surface area contributed by atoms with E-state index in [9.17, 15) is 14.4 Å². The second-order valence-electron chi connectivity index (χ2n) is 20.2. The van der Waals surface area contributed by atoms with Crippen molar-refractivity contribution in [2.45, 2.75) is 284 Å². The van der Waals surface area contributed by atoms with Gasteiger partial charge in [-0.3, -0.25) is 14.4 Å². The second-order valence-corrected chi connectivity index (χ2v) is 20.2. The van der Waals surface area contributed by atoms with Gasteiger partial charge < -0.3 is 14.2 Å². The Balaban J connectivity index is 4.35. The van der Waals surface area contributed by atoms with Crippen molar-refractivity contribution in [3.05, 3.63) is 122 Å². The monoisotopic (exact) mass is 1040 g/mol. The first-order valence-corrected chi connectivity index (χ1v) is 31.0. The summed E-state index contributed by atoms with van der Waals surface area (Å²) < 4.78 is 16.8. The normalized spacial score (nSPS) is 12.9. The molecule has 0 bridgehead atoms. The molecular weight excluding hydrogens is 925 g/mol. The SMILES string of the molecule is CC/C=C\C/C=C\C/C=C\C/C=C\C/C=C\C/C=C\C/C=C\CCCC(=O)OC(COC(=O)CCCCCCCCCCC)COC(=O)CCCCCCCCCCCC/C=C\C/C=C\C/C=C\CCCCCCC. The van der Waals surface area contributed by atoms with Gasteiger partial charge in [0.2, 0.25) is 0 Å². The summed E-state index contributed by atoms with van der Waals surface area (Å²) in [5.41, 5.74) is 0. The lowest BCUT2D eigenvalue weighted by atomic mass is 10.1. The van der Waals surface area contributed by atoms with Crippen molar-refractivity contribution in [2.75, 3.05) is 13.2 Å². The molecule has 0 amide bonds. The summed E-state index contributed by atoms with van der Waals surface area (Å²) >= 11 is 0. The Kier molecular flexibility index (Phi) is 58.9. The fraction of sp³-hybridized carbons (Fsp3) is 0.667. The number of rotatable bonds is 55. The van der Waals surface area contributed by atoms with Crippen molar-refractivity contribution >= 4 is 17.9 Å². The molecule has 0 radical (unpaired) electrons. The number of hydrogen-bond donors (Lipinski definition) is 0. The highest BCUT2D eigenvalue weighted by molar-refractivity contribution is 5.71. The van der Waals surface area contributed by atoms with Crippen LogP contribution >= 0.6 is 0 Å². The molecule has 0 saturated carbocycles. The van der Waals surface area contributed by atoms with E-state index < -0.39 is 6.10 Å². The van der Waals surface area contributed by atoms with Crippen LogP contribution in [-0.2, 0) is 28.6 Å². The van der Waals surface area contributed by atoms with Gasteiger partial charge in [0, 0.05) is 19.3 Å². The van der Waals surface area contributed by atoms with E-state index in [4.69, 9.17) is 14.2 Å². The third kappa shape index (κ3) is 60.6. The van der Waals surface area contributed by atoms with Crippen LogP contribution in [0.4, 0.5) is 0 Å². The molecular formula is C69H114O6. The van der Waals surface area contributed by atoms with Crippen molar-refractivity contribution in [3.63, 3.8) is 0 Å². The molecule has 0 aliphatic carbocycles. The molecule has 0 aliphatic rings. The van der Waals surface area contributed by atoms with Crippen LogP contribution in [0, 0.1) is 0 Å². The quantitative estimate of drug-likeness (QED) is 0.0261. The average molecular weight is 1040 g/mol. The van der Waals surface area contributed by atoms with Gasteiger partial charge in [0.15, 0.2) is 6.10 Å². The third-order valence-electron chi connectivity index (χ3n) is 13.0. The fourth-order valence-electron chi connectivity index (χ4n) is 8.32. The van der Waals surface area contributed by atoms with Crippen molar-refractivity contribution in [1.82, 2.24) is 0 Å². The summed E-state index contributed by atoms with van der Waals surface area (Å²) in [4.78, 5) is 38.1. The van der Waals surface area contributed by atoms with Crippen LogP contribution in [0.15, 0.2) is 122 Å². The maximum Gasteiger partial charge on any atom is 0.306 e. The molecule has 75 heavy (non-hydrogen) atoms. The highest BCUT2D eigenvalue weighted by atomic mass is 16.6. The predicted molar refractivity (Wildman–Crippen MR) is 325 cm³/mol. The molecule has 426 valence electrons. The minimum Gasteiger partial charge on any atom is -0.462 e. The second kappa shape index (κ2) is 62.4. The van der Waals surface area contributed by atoms with Crippen LogP contribution in [-0.4, -0.2) is 37.2 Å². The smallest absolute Gasteiger partial charge is 0.306 e. The van der Waals surface area contributed by atoms with Crippen LogP contribution in [0.25, 0.3) is 0 Å². The van der Waals surface area contributed by atoms with Gasteiger partial charge in [-0.1, -0.05) is 271 Å². The number of hydrogen-bond acceptors (Lipinski definition) is 6. The lowest BCUT2D eigenvalue weighted by molar-refractivity contribution is -0.167. The van der Waals surface area contributed by atoms with Gasteiger partial charge >= 0.3 is 17.9 Å². The van der Waals surface area contributed by atoms with E-state index in [1.807, 2.05) is 0 Å². The maximum atomic E-state index is 12.8. The van der Waals surface area contributed by atoms with E-state index in [2.05, 4.69) is 142 Å². The summed E-state index contributed by atoms with van der Waals surface area (Å²) in [7, 11) is 0. The standard InChI is InChI=1S/C69H114O6/c1-4-7-10-13-16-19-21-23-25-27-29-31-33-34-36-37-39-41-43-45-47-50-53-56-59-62-68(71)74-65-66(64-73-67(70)61-58-55-52-49-18-15-12-9-6-3)75-69(72)63-60-57-54-51-48-46-44-42-40-38-35-32-30-28-26-24-22-20-17-14-11-8-5-2/h8,11,17,20-21,23-24,26-27,29-30,32-34,38,40,44,46,51,54,66H,4-7,9-10,12-16,18-19,22,25,28,31,35-37,39,41-43,45,47-50,52-53,55-65H2,1-3H3/b11-8-,20-17-,23-21-,26-24-,29-27-,32-30-,34-33-,40-38-,46-44-,54-51-. The zero-order valence-electron chi connectivity index (χ0n) is 48.8. The van der Waals surface area contributed by atoms with Crippen LogP contribution in [0.3, 0.4) is 0 Å². The van der Waals surface area contributed by atoms with Gasteiger partial charge in [-0.15, -0.1) is 0 Å². The molecule has 0 aromatic carbocycles. The highest BCUT2D eigenvalue weighted by Gasteiger charge is 2.19. The third-order valence-corrected chi connectivity index (χ3v) is 13.0. The number of carbonyl (C=O) groups excluding carboxylic acids is 3. The Hall–Kier alpha value is -4.19. The zero-order valence-corrected chi connectivity index (χ0v) is 48.8. The molecule has 0 rings (SSSR count). The first-order chi connectivity index (χ1) is 37.0. The molecule has 6 heteroatoms. The molecule has 0 saturated heterocycles. The predicted octanol–water partition coefficient (Wildman–Crippen LogP) is 21.2. The Bertz CT molecular complexity index is 1570. The largest absolute Gasteiger partial charge is 0.462 e. The summed E-state index contributed by atoms with van der Waals surface area (Å²) in [5, 5.41) is 0.